The molecule has 1 aromatic heterocycles. The van der Waals surface area contributed by atoms with Gasteiger partial charge < -0.3 is 10.1 Å². The van der Waals surface area contributed by atoms with Gasteiger partial charge in [0, 0.05) is 19.0 Å². The maximum absolute atomic E-state index is 5.26. The maximum Gasteiger partial charge on any atom is 0.159 e. The Morgan fingerprint density at radius 1 is 1.57 bits per heavy atom. The van der Waals surface area contributed by atoms with Crippen LogP contribution in [0.2, 0.25) is 0 Å². The lowest BCUT2D eigenvalue weighted by Crippen LogP contribution is -2.15. The molecular weight excluding hydrogens is 178 g/mol. The zero-order chi connectivity index (χ0) is 10.6. The Morgan fingerprint density at radius 2 is 2.29 bits per heavy atom. The highest BCUT2D eigenvalue weighted by atomic mass is 16.5. The fourth-order valence-electron chi connectivity index (χ4n) is 1.47. The van der Waals surface area contributed by atoms with Gasteiger partial charge in [-0.05, 0) is 20.9 Å². The van der Waals surface area contributed by atoms with E-state index in [0.717, 1.165) is 24.4 Å². The molecule has 0 spiro atoms. The lowest BCUT2D eigenvalue weighted by Gasteiger charge is -2.11. The topological polar surface area (TPSA) is 39.1 Å². The third kappa shape index (κ3) is 2.26. The second-order valence-electron chi connectivity index (χ2n) is 3.55. The summed E-state index contributed by atoms with van der Waals surface area (Å²) in [6, 6.07) is 0.380. The molecule has 0 aliphatic carbocycles. The summed E-state index contributed by atoms with van der Waals surface area (Å²) >= 11 is 0. The van der Waals surface area contributed by atoms with E-state index in [0.29, 0.717) is 6.04 Å². The molecule has 0 saturated carbocycles. The van der Waals surface area contributed by atoms with Crippen molar-refractivity contribution < 1.29 is 4.74 Å². The van der Waals surface area contributed by atoms with Crippen LogP contribution in [-0.2, 0) is 6.42 Å². The average Bonchev–Trinajstić information content (AvgIpc) is 2.57. The number of methoxy groups -OCH3 is 1. The van der Waals surface area contributed by atoms with Crippen molar-refractivity contribution in [2.24, 2.45) is 0 Å². The summed E-state index contributed by atoms with van der Waals surface area (Å²) in [5.74, 6) is 0.883. The van der Waals surface area contributed by atoms with Crippen LogP contribution in [0.5, 0.6) is 5.75 Å². The molecule has 14 heavy (non-hydrogen) atoms. The third-order valence-electron chi connectivity index (χ3n) is 2.18. The Morgan fingerprint density at radius 3 is 2.79 bits per heavy atom. The molecule has 0 radical (unpaired) electrons. The van der Waals surface area contributed by atoms with Crippen LogP contribution < -0.4 is 10.1 Å². The van der Waals surface area contributed by atoms with Crippen LogP contribution in [0, 0.1) is 0 Å². The molecule has 1 rings (SSSR count). The van der Waals surface area contributed by atoms with Crippen LogP contribution in [0.3, 0.4) is 0 Å². The molecule has 1 heterocycles. The lowest BCUT2D eigenvalue weighted by molar-refractivity contribution is 0.403. The Bertz CT molecular complexity index is 281. The number of likely N-dealkylation sites (N-methyl/N-ethyl adjacent to an activating group) is 1. The molecule has 1 aromatic rings. The van der Waals surface area contributed by atoms with Gasteiger partial charge >= 0.3 is 0 Å². The first-order valence-electron chi connectivity index (χ1n) is 4.95. The van der Waals surface area contributed by atoms with Crippen molar-refractivity contribution in [1.29, 1.82) is 0 Å². The van der Waals surface area contributed by atoms with Gasteiger partial charge in [0.05, 0.1) is 19.0 Å². The van der Waals surface area contributed by atoms with E-state index in [1.165, 1.54) is 0 Å². The van der Waals surface area contributed by atoms with Gasteiger partial charge in [0.25, 0.3) is 0 Å². The summed E-state index contributed by atoms with van der Waals surface area (Å²) in [5.41, 5.74) is 1.16. The van der Waals surface area contributed by atoms with Crippen LogP contribution in [0.25, 0.3) is 0 Å². The van der Waals surface area contributed by atoms with Crippen LogP contribution in [0.1, 0.15) is 25.6 Å². The van der Waals surface area contributed by atoms with E-state index in [4.69, 9.17) is 4.74 Å². The van der Waals surface area contributed by atoms with E-state index in [1.807, 2.05) is 11.7 Å². The summed E-state index contributed by atoms with van der Waals surface area (Å²) in [6.45, 7) is 5.18. The van der Waals surface area contributed by atoms with Crippen molar-refractivity contribution in [3.8, 4) is 5.75 Å². The van der Waals surface area contributed by atoms with Crippen molar-refractivity contribution >= 4 is 0 Å². The van der Waals surface area contributed by atoms with Crippen molar-refractivity contribution in [3.05, 3.63) is 11.9 Å². The number of nitrogens with zero attached hydrogens (tertiary/aromatic N) is 2. The first-order chi connectivity index (χ1) is 6.70. The van der Waals surface area contributed by atoms with Gasteiger partial charge in [-0.3, -0.25) is 4.68 Å². The SMILES string of the molecule is CNCCc1c(OC)cnn1C(C)C. The number of rotatable bonds is 5. The Hall–Kier alpha value is -1.03. The van der Waals surface area contributed by atoms with E-state index in [2.05, 4.69) is 24.3 Å². The smallest absolute Gasteiger partial charge is 0.159 e. The summed E-state index contributed by atoms with van der Waals surface area (Å²) in [4.78, 5) is 0. The molecule has 0 aliphatic rings. The molecule has 0 atom stereocenters. The van der Waals surface area contributed by atoms with Gasteiger partial charge in [0.15, 0.2) is 5.75 Å². The summed E-state index contributed by atoms with van der Waals surface area (Å²) < 4.78 is 7.27. The highest BCUT2D eigenvalue weighted by molar-refractivity contribution is 5.25. The normalized spacial score (nSPS) is 10.9. The van der Waals surface area contributed by atoms with Crippen LogP contribution in [0.4, 0.5) is 0 Å². The highest BCUT2D eigenvalue weighted by Crippen LogP contribution is 2.20. The first-order valence-corrected chi connectivity index (χ1v) is 4.95. The van der Waals surface area contributed by atoms with Crippen molar-refractivity contribution in [1.82, 2.24) is 15.1 Å². The maximum atomic E-state index is 5.26. The Kier molecular flexibility index (Phi) is 3.95. The number of nitrogens with one attached hydrogen (secondary N) is 1. The summed E-state index contributed by atoms with van der Waals surface area (Å²) in [7, 11) is 3.63. The molecule has 0 unspecified atom stereocenters. The average molecular weight is 197 g/mol. The van der Waals surface area contributed by atoms with E-state index >= 15 is 0 Å². The lowest BCUT2D eigenvalue weighted by atomic mass is 10.2. The molecule has 4 nitrogen and oxygen atoms in total. The van der Waals surface area contributed by atoms with Crippen LogP contribution in [0.15, 0.2) is 6.20 Å². The predicted molar refractivity (Wildman–Crippen MR) is 56.8 cm³/mol. The van der Waals surface area contributed by atoms with Gasteiger partial charge in [-0.15, -0.1) is 0 Å². The Labute approximate surface area is 85.3 Å². The van der Waals surface area contributed by atoms with Gasteiger partial charge in [0.2, 0.25) is 0 Å². The monoisotopic (exact) mass is 197 g/mol. The van der Waals surface area contributed by atoms with E-state index in [9.17, 15) is 0 Å². The molecule has 0 aromatic carbocycles. The van der Waals surface area contributed by atoms with Crippen LogP contribution >= 0.6 is 0 Å². The summed E-state index contributed by atoms with van der Waals surface area (Å²) in [6.07, 6.45) is 2.73. The minimum Gasteiger partial charge on any atom is -0.493 e. The van der Waals surface area contributed by atoms with Gasteiger partial charge in [0.1, 0.15) is 0 Å². The quantitative estimate of drug-likeness (QED) is 0.771. The van der Waals surface area contributed by atoms with Crippen molar-refractivity contribution in [3.63, 3.8) is 0 Å². The van der Waals surface area contributed by atoms with E-state index in [-0.39, 0.29) is 0 Å². The molecule has 0 aliphatic heterocycles. The molecule has 1 N–H and O–H groups in total. The van der Waals surface area contributed by atoms with Gasteiger partial charge in [-0.1, -0.05) is 0 Å². The van der Waals surface area contributed by atoms with Crippen molar-refractivity contribution in [2.75, 3.05) is 20.7 Å². The number of hydrogen-bond acceptors (Lipinski definition) is 3. The third-order valence-corrected chi connectivity index (χ3v) is 2.18. The molecule has 0 amide bonds. The number of aromatic nitrogens is 2. The largest absolute Gasteiger partial charge is 0.493 e. The fraction of sp³-hybridized carbons (Fsp3) is 0.700. The van der Waals surface area contributed by atoms with Gasteiger partial charge in [-0.2, -0.15) is 5.10 Å². The molecule has 80 valence electrons. The minimum atomic E-state index is 0.380. The number of ether oxygens (including phenoxy) is 1. The molecule has 0 saturated heterocycles. The fourth-order valence-corrected chi connectivity index (χ4v) is 1.47. The zero-order valence-electron chi connectivity index (χ0n) is 9.37. The molecular formula is C10H19N3O. The second-order valence-corrected chi connectivity index (χ2v) is 3.55. The Balaban J connectivity index is 2.88. The predicted octanol–water partition coefficient (Wildman–Crippen LogP) is 1.23. The molecule has 4 heteroatoms. The number of hydrogen-bond donors (Lipinski definition) is 1. The minimum absolute atomic E-state index is 0.380. The standard InChI is InChI=1S/C10H19N3O/c1-8(2)13-9(5-6-11-3)10(14-4)7-12-13/h7-8,11H,5-6H2,1-4H3. The molecule has 0 fully saturated rings. The van der Waals surface area contributed by atoms with Crippen LogP contribution in [-0.4, -0.2) is 30.5 Å². The highest BCUT2D eigenvalue weighted by Gasteiger charge is 2.12. The van der Waals surface area contributed by atoms with E-state index < -0.39 is 0 Å². The van der Waals surface area contributed by atoms with E-state index in [1.54, 1.807) is 13.3 Å². The second kappa shape index (κ2) is 5.00. The first kappa shape index (κ1) is 11.0. The van der Waals surface area contributed by atoms with Crippen molar-refractivity contribution in [2.45, 2.75) is 26.3 Å². The molecule has 0 bridgehead atoms. The zero-order valence-corrected chi connectivity index (χ0v) is 9.37. The summed E-state index contributed by atoms with van der Waals surface area (Å²) in [5, 5.41) is 7.43. The van der Waals surface area contributed by atoms with Gasteiger partial charge in [-0.25, -0.2) is 0 Å².